The fraction of sp³-hybridized carbons (Fsp3) is 0.286. The van der Waals surface area contributed by atoms with Crippen LogP contribution in [0.15, 0.2) is 41.1 Å². The molecule has 2 heterocycles. The van der Waals surface area contributed by atoms with Gasteiger partial charge in [-0.15, -0.1) is 0 Å². The Labute approximate surface area is 145 Å². The molecule has 0 saturated carbocycles. The standard InChI is InChI=1S/C14H12BrF3N2O3S/c1-24(21,22)23-12(11-4-3-10(15)8-19-11)6-9-2-5-13(20-7-9)14(16,17)18/h2-5,7-8,12H,6H2,1H3. The van der Waals surface area contributed by atoms with Crippen LogP contribution >= 0.6 is 15.9 Å². The average molecular weight is 425 g/mol. The minimum atomic E-state index is -4.53. The van der Waals surface area contributed by atoms with Crippen molar-refractivity contribution in [2.75, 3.05) is 6.26 Å². The molecule has 0 aliphatic carbocycles. The first-order valence-electron chi connectivity index (χ1n) is 6.56. The van der Waals surface area contributed by atoms with E-state index < -0.39 is 28.1 Å². The van der Waals surface area contributed by atoms with Gasteiger partial charge in [-0.25, -0.2) is 0 Å². The minimum absolute atomic E-state index is 0.00679. The summed E-state index contributed by atoms with van der Waals surface area (Å²) >= 11 is 3.21. The molecule has 0 radical (unpaired) electrons. The van der Waals surface area contributed by atoms with Crippen molar-refractivity contribution < 1.29 is 25.8 Å². The zero-order chi connectivity index (χ0) is 18.0. The van der Waals surface area contributed by atoms with Crippen LogP contribution in [0.2, 0.25) is 0 Å². The molecular weight excluding hydrogens is 413 g/mol. The molecule has 10 heteroatoms. The highest BCUT2D eigenvalue weighted by Crippen LogP contribution is 2.28. The van der Waals surface area contributed by atoms with Crippen LogP contribution in [0.5, 0.6) is 0 Å². The lowest BCUT2D eigenvalue weighted by Crippen LogP contribution is -2.15. The van der Waals surface area contributed by atoms with Gasteiger partial charge in [-0.3, -0.25) is 14.2 Å². The van der Waals surface area contributed by atoms with Gasteiger partial charge in [-0.1, -0.05) is 6.07 Å². The number of halogens is 4. The number of nitrogens with zero attached hydrogens (tertiary/aromatic N) is 2. The van der Waals surface area contributed by atoms with Crippen LogP contribution in [0.3, 0.4) is 0 Å². The van der Waals surface area contributed by atoms with Crippen LogP contribution < -0.4 is 0 Å². The number of rotatable bonds is 5. The highest BCUT2D eigenvalue weighted by atomic mass is 79.9. The van der Waals surface area contributed by atoms with Crippen molar-refractivity contribution >= 4 is 26.0 Å². The topological polar surface area (TPSA) is 69.2 Å². The summed E-state index contributed by atoms with van der Waals surface area (Å²) in [4.78, 5) is 7.43. The zero-order valence-corrected chi connectivity index (χ0v) is 14.7. The molecule has 5 nitrogen and oxygen atoms in total. The number of alkyl halides is 3. The maximum atomic E-state index is 12.5. The van der Waals surface area contributed by atoms with Crippen LogP contribution in [-0.4, -0.2) is 24.6 Å². The van der Waals surface area contributed by atoms with Crippen molar-refractivity contribution in [3.63, 3.8) is 0 Å². The molecule has 2 aromatic rings. The summed E-state index contributed by atoms with van der Waals surface area (Å²) in [6.45, 7) is 0. The van der Waals surface area contributed by atoms with E-state index in [0.29, 0.717) is 15.7 Å². The van der Waals surface area contributed by atoms with Crippen molar-refractivity contribution in [3.05, 3.63) is 58.1 Å². The Morgan fingerprint density at radius 3 is 2.33 bits per heavy atom. The third kappa shape index (κ3) is 5.53. The van der Waals surface area contributed by atoms with Crippen LogP contribution in [0, 0.1) is 0 Å². The summed E-state index contributed by atoms with van der Waals surface area (Å²) in [7, 11) is -3.79. The molecule has 0 aliphatic heterocycles. The molecule has 0 aliphatic rings. The van der Waals surface area contributed by atoms with E-state index in [0.717, 1.165) is 18.5 Å². The van der Waals surface area contributed by atoms with Gasteiger partial charge in [0.1, 0.15) is 11.8 Å². The molecule has 0 N–H and O–H groups in total. The fourth-order valence-corrected chi connectivity index (χ4v) is 2.73. The smallest absolute Gasteiger partial charge is 0.260 e. The Morgan fingerprint density at radius 1 is 1.17 bits per heavy atom. The van der Waals surface area contributed by atoms with Crippen LogP contribution in [0.4, 0.5) is 13.2 Å². The number of hydrogen-bond acceptors (Lipinski definition) is 5. The van der Waals surface area contributed by atoms with Crippen molar-refractivity contribution in [1.82, 2.24) is 9.97 Å². The van der Waals surface area contributed by atoms with E-state index in [4.69, 9.17) is 4.18 Å². The Morgan fingerprint density at radius 2 is 1.88 bits per heavy atom. The zero-order valence-electron chi connectivity index (χ0n) is 12.3. The summed E-state index contributed by atoms with van der Waals surface area (Å²) in [5, 5.41) is 0. The number of aromatic nitrogens is 2. The first-order valence-corrected chi connectivity index (χ1v) is 9.17. The van der Waals surface area contributed by atoms with E-state index in [1.165, 1.54) is 12.3 Å². The fourth-order valence-electron chi connectivity index (χ4n) is 1.90. The molecule has 0 fully saturated rings. The van der Waals surface area contributed by atoms with Gasteiger partial charge in [0.05, 0.1) is 11.9 Å². The summed E-state index contributed by atoms with van der Waals surface area (Å²) in [5.74, 6) is 0. The van der Waals surface area contributed by atoms with Gasteiger partial charge in [0.2, 0.25) is 0 Å². The van der Waals surface area contributed by atoms with Crippen LogP contribution in [-0.2, 0) is 26.9 Å². The van der Waals surface area contributed by atoms with Gasteiger partial charge in [0.15, 0.2) is 0 Å². The Hall–Kier alpha value is -1.52. The second-order valence-corrected chi connectivity index (χ2v) is 7.46. The lowest BCUT2D eigenvalue weighted by Gasteiger charge is -2.16. The molecule has 0 amide bonds. The summed E-state index contributed by atoms with van der Waals surface area (Å²) in [6, 6.07) is 5.29. The molecule has 130 valence electrons. The summed E-state index contributed by atoms with van der Waals surface area (Å²) in [5.41, 5.74) is -0.293. The highest BCUT2D eigenvalue weighted by molar-refractivity contribution is 9.10. The van der Waals surface area contributed by atoms with E-state index in [9.17, 15) is 21.6 Å². The third-order valence-electron chi connectivity index (χ3n) is 2.91. The monoisotopic (exact) mass is 424 g/mol. The Balaban J connectivity index is 2.26. The molecule has 2 aromatic heterocycles. The van der Waals surface area contributed by atoms with Crippen molar-refractivity contribution in [2.45, 2.75) is 18.7 Å². The maximum absolute atomic E-state index is 12.5. The molecule has 1 atom stereocenters. The first kappa shape index (κ1) is 18.8. The van der Waals surface area contributed by atoms with Crippen LogP contribution in [0.25, 0.3) is 0 Å². The average Bonchev–Trinajstić information content (AvgIpc) is 2.45. The normalized spacial score (nSPS) is 13.7. The molecule has 0 spiro atoms. The van der Waals surface area contributed by atoms with Gasteiger partial charge >= 0.3 is 6.18 Å². The highest BCUT2D eigenvalue weighted by Gasteiger charge is 2.32. The lowest BCUT2D eigenvalue weighted by atomic mass is 10.1. The molecule has 0 bridgehead atoms. The molecule has 0 saturated heterocycles. The largest absolute Gasteiger partial charge is 0.433 e. The predicted molar refractivity (Wildman–Crippen MR) is 83.5 cm³/mol. The number of hydrogen-bond donors (Lipinski definition) is 0. The second-order valence-electron chi connectivity index (χ2n) is 4.94. The molecule has 2 rings (SSSR count). The van der Waals surface area contributed by atoms with Gasteiger partial charge < -0.3 is 0 Å². The molecule has 1 unspecified atom stereocenters. The van der Waals surface area contributed by atoms with Crippen molar-refractivity contribution in [3.8, 4) is 0 Å². The van der Waals surface area contributed by atoms with Gasteiger partial charge in [0.25, 0.3) is 10.1 Å². The van der Waals surface area contributed by atoms with E-state index in [1.54, 1.807) is 12.1 Å². The molecule has 0 aromatic carbocycles. The summed E-state index contributed by atoms with van der Waals surface area (Å²) < 4.78 is 66.2. The van der Waals surface area contributed by atoms with E-state index in [1.807, 2.05) is 0 Å². The van der Waals surface area contributed by atoms with Crippen molar-refractivity contribution in [1.29, 1.82) is 0 Å². The van der Waals surface area contributed by atoms with Gasteiger partial charge in [-0.05, 0) is 39.7 Å². The van der Waals surface area contributed by atoms with Gasteiger partial charge in [0, 0.05) is 23.3 Å². The van der Waals surface area contributed by atoms with Crippen LogP contribution in [0.1, 0.15) is 23.1 Å². The summed E-state index contributed by atoms with van der Waals surface area (Å²) in [6.07, 6.45) is -2.09. The number of pyridine rings is 2. The first-order chi connectivity index (χ1) is 11.0. The third-order valence-corrected chi connectivity index (χ3v) is 3.96. The quantitative estimate of drug-likeness (QED) is 0.686. The van der Waals surface area contributed by atoms with Gasteiger partial charge in [-0.2, -0.15) is 21.6 Å². The Bertz CT molecular complexity index is 794. The van der Waals surface area contributed by atoms with E-state index in [2.05, 4.69) is 25.9 Å². The molecule has 24 heavy (non-hydrogen) atoms. The predicted octanol–water partition coefficient (Wildman–Crippen LogP) is 3.52. The minimum Gasteiger partial charge on any atom is -0.260 e. The molecular formula is C14H12BrF3N2O3S. The lowest BCUT2D eigenvalue weighted by molar-refractivity contribution is -0.141. The van der Waals surface area contributed by atoms with Crippen molar-refractivity contribution in [2.24, 2.45) is 0 Å². The second kappa shape index (κ2) is 7.16. The Kier molecular flexibility index (Phi) is 5.61. The SMILES string of the molecule is CS(=O)(=O)OC(Cc1ccc(C(F)(F)F)nc1)c1ccc(Br)cn1. The van der Waals surface area contributed by atoms with E-state index in [-0.39, 0.29) is 6.42 Å². The van der Waals surface area contributed by atoms with E-state index >= 15 is 0 Å². The maximum Gasteiger partial charge on any atom is 0.433 e.